The van der Waals surface area contributed by atoms with Crippen molar-refractivity contribution in [3.8, 4) is 5.75 Å². The summed E-state index contributed by atoms with van der Waals surface area (Å²) >= 11 is 1.53. The molecule has 0 atom stereocenters. The van der Waals surface area contributed by atoms with E-state index in [1.807, 2.05) is 29.6 Å². The molecule has 1 aromatic carbocycles. The smallest absolute Gasteiger partial charge is 0.261 e. The Labute approximate surface area is 165 Å². The average molecular weight is 382 g/mol. The minimum atomic E-state index is 0.0774. The number of aryl methyl sites for hydroxylation is 1. The molecule has 4 heteroatoms. The maximum absolute atomic E-state index is 12.9. The first kappa shape index (κ1) is 17.3. The van der Waals surface area contributed by atoms with Crippen LogP contribution in [0.5, 0.6) is 5.75 Å². The van der Waals surface area contributed by atoms with Gasteiger partial charge >= 0.3 is 0 Å². The van der Waals surface area contributed by atoms with Crippen molar-refractivity contribution in [2.75, 3.05) is 0 Å². The zero-order valence-corrected chi connectivity index (χ0v) is 16.7. The van der Waals surface area contributed by atoms with Crippen LogP contribution >= 0.6 is 11.3 Å². The molecule has 0 unspecified atom stereocenters. The van der Waals surface area contributed by atoms with Crippen molar-refractivity contribution in [3.05, 3.63) is 51.7 Å². The highest BCUT2D eigenvalue weighted by Gasteiger charge is 2.51. The minimum absolute atomic E-state index is 0.0774. The van der Waals surface area contributed by atoms with Gasteiger partial charge in [0.15, 0.2) is 0 Å². The lowest BCUT2D eigenvalue weighted by atomic mass is 9.53. The maximum atomic E-state index is 12.9. The molecule has 0 spiro atoms. The molecule has 27 heavy (non-hydrogen) atoms. The van der Waals surface area contributed by atoms with Gasteiger partial charge in [-0.3, -0.25) is 4.79 Å². The number of carbonyl (C=O) groups excluding carboxylic acids is 1. The van der Waals surface area contributed by atoms with Gasteiger partial charge in [-0.2, -0.15) is 0 Å². The molecule has 4 fully saturated rings. The van der Waals surface area contributed by atoms with Crippen molar-refractivity contribution in [2.24, 2.45) is 17.8 Å². The lowest BCUT2D eigenvalue weighted by molar-refractivity contribution is -0.0166. The molecule has 4 aliphatic rings. The Morgan fingerprint density at radius 1 is 1.15 bits per heavy atom. The molecular weight excluding hydrogens is 354 g/mol. The maximum Gasteiger partial charge on any atom is 0.261 e. The number of ether oxygens (including phenoxy) is 1. The predicted molar refractivity (Wildman–Crippen MR) is 108 cm³/mol. The van der Waals surface area contributed by atoms with E-state index >= 15 is 0 Å². The van der Waals surface area contributed by atoms with Gasteiger partial charge in [-0.05, 0) is 92.3 Å². The summed E-state index contributed by atoms with van der Waals surface area (Å²) in [5.41, 5.74) is 2.33. The number of hydrogen-bond donors (Lipinski definition) is 1. The van der Waals surface area contributed by atoms with E-state index in [9.17, 15) is 4.79 Å². The Balaban J connectivity index is 1.23. The number of thiophene rings is 1. The molecule has 0 aliphatic heterocycles. The van der Waals surface area contributed by atoms with Crippen LogP contribution in [0.3, 0.4) is 0 Å². The van der Waals surface area contributed by atoms with E-state index in [0.717, 1.165) is 33.9 Å². The van der Waals surface area contributed by atoms with Gasteiger partial charge in [-0.15, -0.1) is 11.3 Å². The topological polar surface area (TPSA) is 38.3 Å². The highest BCUT2D eigenvalue weighted by atomic mass is 32.1. The molecular formula is C23H27NO2S. The highest BCUT2D eigenvalue weighted by molar-refractivity contribution is 7.12. The van der Waals surface area contributed by atoms with Crippen LogP contribution in [-0.2, 0) is 6.61 Å². The van der Waals surface area contributed by atoms with Gasteiger partial charge in [0.1, 0.15) is 12.4 Å². The van der Waals surface area contributed by atoms with E-state index in [-0.39, 0.29) is 11.4 Å². The molecule has 4 saturated carbocycles. The Morgan fingerprint density at radius 3 is 2.52 bits per heavy atom. The van der Waals surface area contributed by atoms with E-state index in [4.69, 9.17) is 4.74 Å². The SMILES string of the molecule is Cc1cccc(OCc2csc(C(=O)NC34CC5CC(CC(C5)C3)C4)c2)c1. The average Bonchev–Trinajstić information content (AvgIpc) is 3.08. The van der Waals surface area contributed by atoms with Crippen molar-refractivity contribution in [1.29, 1.82) is 0 Å². The molecule has 0 saturated heterocycles. The molecule has 1 aromatic heterocycles. The van der Waals surface area contributed by atoms with Gasteiger partial charge in [0.05, 0.1) is 4.88 Å². The molecule has 1 N–H and O–H groups in total. The summed E-state index contributed by atoms with van der Waals surface area (Å²) in [4.78, 5) is 13.7. The molecule has 4 bridgehead atoms. The Morgan fingerprint density at radius 2 is 1.85 bits per heavy atom. The van der Waals surface area contributed by atoms with Crippen LogP contribution in [0.4, 0.5) is 0 Å². The fourth-order valence-corrected chi connectivity index (χ4v) is 6.80. The van der Waals surface area contributed by atoms with Crippen molar-refractivity contribution < 1.29 is 9.53 Å². The van der Waals surface area contributed by atoms with Crippen LogP contribution < -0.4 is 10.1 Å². The second kappa shape index (κ2) is 6.66. The number of amides is 1. The molecule has 2 aromatic rings. The largest absolute Gasteiger partial charge is 0.489 e. The summed E-state index contributed by atoms with van der Waals surface area (Å²) in [6.45, 7) is 2.56. The van der Waals surface area contributed by atoms with E-state index < -0.39 is 0 Å². The van der Waals surface area contributed by atoms with Crippen molar-refractivity contribution in [1.82, 2.24) is 5.32 Å². The molecule has 1 heterocycles. The third-order valence-corrected chi connectivity index (χ3v) is 7.67. The standard InChI is InChI=1S/C23H27NO2S/c1-15-3-2-4-20(5-15)26-13-19-9-21(27-14-19)22(25)24-23-10-16-6-17(11-23)8-18(7-16)12-23/h2-5,9,14,16-18H,6-8,10-13H2,1H3,(H,24,25). The summed E-state index contributed by atoms with van der Waals surface area (Å²) in [6.07, 6.45) is 7.77. The van der Waals surface area contributed by atoms with Crippen LogP contribution in [0.2, 0.25) is 0 Å². The zero-order chi connectivity index (χ0) is 18.4. The van der Waals surface area contributed by atoms with E-state index in [2.05, 4.69) is 18.3 Å². The number of rotatable bonds is 5. The van der Waals surface area contributed by atoms with E-state index in [1.165, 1.54) is 55.4 Å². The van der Waals surface area contributed by atoms with Crippen LogP contribution in [0.15, 0.2) is 35.7 Å². The fourth-order valence-electron chi connectivity index (χ4n) is 6.01. The normalized spacial score (nSPS) is 31.1. The second-order valence-corrected chi connectivity index (χ2v) is 9.99. The number of benzene rings is 1. The van der Waals surface area contributed by atoms with Crippen molar-refractivity contribution >= 4 is 17.2 Å². The van der Waals surface area contributed by atoms with Gasteiger partial charge in [0, 0.05) is 11.1 Å². The van der Waals surface area contributed by atoms with Crippen LogP contribution in [-0.4, -0.2) is 11.4 Å². The van der Waals surface area contributed by atoms with Gasteiger partial charge in [-0.25, -0.2) is 0 Å². The molecule has 3 nitrogen and oxygen atoms in total. The number of nitrogens with one attached hydrogen (secondary N) is 1. The van der Waals surface area contributed by atoms with Crippen molar-refractivity contribution in [3.63, 3.8) is 0 Å². The van der Waals surface area contributed by atoms with E-state index in [0.29, 0.717) is 6.61 Å². The summed E-state index contributed by atoms with van der Waals surface area (Å²) in [5, 5.41) is 5.51. The fraction of sp³-hybridized carbons (Fsp3) is 0.522. The van der Waals surface area contributed by atoms with Gasteiger partial charge < -0.3 is 10.1 Å². The van der Waals surface area contributed by atoms with E-state index in [1.54, 1.807) is 0 Å². The first-order valence-corrected chi connectivity index (χ1v) is 11.0. The first-order valence-electron chi connectivity index (χ1n) is 10.2. The Bertz CT molecular complexity index is 820. The van der Waals surface area contributed by atoms with Crippen LogP contribution in [0.1, 0.15) is 59.3 Å². The Hall–Kier alpha value is -1.81. The van der Waals surface area contributed by atoms with Gasteiger partial charge in [0.2, 0.25) is 0 Å². The summed E-state index contributed by atoms with van der Waals surface area (Å²) in [5.74, 6) is 3.53. The summed E-state index contributed by atoms with van der Waals surface area (Å²) in [6, 6.07) is 10.1. The van der Waals surface area contributed by atoms with Crippen LogP contribution in [0, 0.1) is 24.7 Å². The third-order valence-electron chi connectivity index (χ3n) is 6.69. The molecule has 6 rings (SSSR count). The lowest BCUT2D eigenvalue weighted by Gasteiger charge is -2.56. The summed E-state index contributed by atoms with van der Waals surface area (Å²) < 4.78 is 5.87. The molecule has 4 aliphatic carbocycles. The lowest BCUT2D eigenvalue weighted by Crippen LogP contribution is -2.59. The van der Waals surface area contributed by atoms with Crippen molar-refractivity contribution in [2.45, 2.75) is 57.6 Å². The highest BCUT2D eigenvalue weighted by Crippen LogP contribution is 2.55. The zero-order valence-electron chi connectivity index (χ0n) is 15.9. The first-order chi connectivity index (χ1) is 13.1. The van der Waals surface area contributed by atoms with Gasteiger partial charge in [-0.1, -0.05) is 12.1 Å². The predicted octanol–water partition coefficient (Wildman–Crippen LogP) is 5.33. The molecule has 142 valence electrons. The second-order valence-electron chi connectivity index (χ2n) is 9.08. The molecule has 1 amide bonds. The summed E-state index contributed by atoms with van der Waals surface area (Å²) in [7, 11) is 0. The number of carbonyl (C=O) groups is 1. The quantitative estimate of drug-likeness (QED) is 0.760. The number of hydrogen-bond acceptors (Lipinski definition) is 3. The third kappa shape index (κ3) is 3.52. The minimum Gasteiger partial charge on any atom is -0.489 e. The van der Waals surface area contributed by atoms with Gasteiger partial charge in [0.25, 0.3) is 5.91 Å². The molecule has 0 radical (unpaired) electrons. The monoisotopic (exact) mass is 381 g/mol. The van der Waals surface area contributed by atoms with Crippen LogP contribution in [0.25, 0.3) is 0 Å². The Kier molecular flexibility index (Phi) is 4.27.